The van der Waals surface area contributed by atoms with Gasteiger partial charge in [0, 0.05) is 18.4 Å². The molecule has 1 saturated heterocycles. The second kappa shape index (κ2) is 2.54. The molecule has 0 saturated carbocycles. The maximum atomic E-state index is 4.72. The highest BCUT2D eigenvalue weighted by molar-refractivity contribution is 8.00. The van der Waals surface area contributed by atoms with Gasteiger partial charge in [0.1, 0.15) is 6.26 Å². The van der Waals surface area contributed by atoms with Crippen molar-refractivity contribution in [2.45, 2.75) is 6.42 Å². The van der Waals surface area contributed by atoms with Crippen LogP contribution in [0, 0.1) is 0 Å². The minimum Gasteiger partial charge on any atom is -0.363 e. The topological polar surface area (TPSA) is 29.3 Å². The lowest BCUT2D eigenvalue weighted by molar-refractivity contribution is 0.421. The summed E-state index contributed by atoms with van der Waals surface area (Å²) in [6, 6.07) is 1.89. The van der Waals surface area contributed by atoms with E-state index in [4.69, 9.17) is 4.52 Å². The average molecular weight is 156 g/mol. The van der Waals surface area contributed by atoms with Crippen LogP contribution in [-0.2, 0) is 0 Å². The predicted molar refractivity (Wildman–Crippen MR) is 40.9 cm³/mol. The van der Waals surface area contributed by atoms with Gasteiger partial charge in [-0.25, -0.2) is 0 Å². The zero-order valence-electron chi connectivity index (χ0n) is 5.49. The van der Waals surface area contributed by atoms with Crippen molar-refractivity contribution in [3.8, 4) is 0 Å². The Balaban J connectivity index is 2.12. The summed E-state index contributed by atoms with van der Waals surface area (Å²) in [6.07, 6.45) is 2.85. The molecule has 1 aliphatic rings. The van der Waals surface area contributed by atoms with Crippen molar-refractivity contribution in [2.75, 3.05) is 16.6 Å². The fourth-order valence-electron chi connectivity index (χ4n) is 0.963. The summed E-state index contributed by atoms with van der Waals surface area (Å²) in [6.45, 7) is 1.09. The highest BCUT2D eigenvalue weighted by atomic mass is 32.2. The molecule has 2 heterocycles. The molecule has 10 heavy (non-hydrogen) atoms. The van der Waals surface area contributed by atoms with Gasteiger partial charge in [-0.3, -0.25) is 4.31 Å². The van der Waals surface area contributed by atoms with Crippen LogP contribution < -0.4 is 4.31 Å². The molecule has 1 aliphatic heterocycles. The first-order valence-corrected chi connectivity index (χ1v) is 4.22. The number of nitrogens with zero attached hydrogens (tertiary/aromatic N) is 2. The molecule has 0 spiro atoms. The summed E-state index contributed by atoms with van der Waals surface area (Å²) in [5, 5.41) is 3.83. The molecule has 0 unspecified atom stereocenters. The van der Waals surface area contributed by atoms with E-state index in [1.807, 2.05) is 18.0 Å². The Kier molecular flexibility index (Phi) is 1.55. The molecular formula is C6H8N2OS. The molecule has 0 bridgehead atoms. The fourth-order valence-corrected chi connectivity index (χ4v) is 1.93. The molecule has 1 aromatic rings. The van der Waals surface area contributed by atoms with Crippen molar-refractivity contribution in [2.24, 2.45) is 0 Å². The lowest BCUT2D eigenvalue weighted by atomic mass is 10.5. The van der Waals surface area contributed by atoms with Crippen LogP contribution in [0.2, 0.25) is 0 Å². The van der Waals surface area contributed by atoms with E-state index in [0.29, 0.717) is 0 Å². The summed E-state index contributed by atoms with van der Waals surface area (Å²) >= 11 is 1.81. The van der Waals surface area contributed by atoms with Crippen molar-refractivity contribution in [3.63, 3.8) is 0 Å². The smallest absolute Gasteiger partial charge is 0.181 e. The third-order valence-corrected chi connectivity index (χ3v) is 2.58. The first-order chi connectivity index (χ1) is 4.97. The van der Waals surface area contributed by atoms with E-state index in [2.05, 4.69) is 9.46 Å². The molecule has 1 fully saturated rings. The van der Waals surface area contributed by atoms with Crippen molar-refractivity contribution in [1.29, 1.82) is 0 Å². The largest absolute Gasteiger partial charge is 0.363 e. The van der Waals surface area contributed by atoms with Crippen molar-refractivity contribution in [1.82, 2.24) is 5.16 Å². The van der Waals surface area contributed by atoms with E-state index >= 15 is 0 Å². The highest BCUT2D eigenvalue weighted by Crippen LogP contribution is 2.25. The van der Waals surface area contributed by atoms with E-state index in [1.165, 1.54) is 12.2 Å². The number of hydrogen-bond acceptors (Lipinski definition) is 4. The van der Waals surface area contributed by atoms with Crippen LogP contribution in [0.15, 0.2) is 16.9 Å². The van der Waals surface area contributed by atoms with Crippen LogP contribution >= 0.6 is 11.9 Å². The molecule has 0 atom stereocenters. The minimum atomic E-state index is 0.947. The van der Waals surface area contributed by atoms with E-state index < -0.39 is 0 Å². The van der Waals surface area contributed by atoms with Gasteiger partial charge in [0.25, 0.3) is 0 Å². The molecule has 1 aromatic heterocycles. The van der Waals surface area contributed by atoms with Gasteiger partial charge in [0.15, 0.2) is 5.82 Å². The molecule has 0 N–H and O–H groups in total. The Morgan fingerprint density at radius 3 is 3.30 bits per heavy atom. The van der Waals surface area contributed by atoms with Crippen LogP contribution in [0.3, 0.4) is 0 Å². The van der Waals surface area contributed by atoms with Gasteiger partial charge < -0.3 is 4.52 Å². The maximum absolute atomic E-state index is 4.72. The van der Waals surface area contributed by atoms with E-state index in [0.717, 1.165) is 12.4 Å². The lowest BCUT2D eigenvalue weighted by Crippen LogP contribution is -2.08. The zero-order chi connectivity index (χ0) is 6.81. The zero-order valence-corrected chi connectivity index (χ0v) is 6.30. The quantitative estimate of drug-likeness (QED) is 0.577. The average Bonchev–Trinajstić information content (AvgIpc) is 2.59. The molecule has 4 heteroatoms. The summed E-state index contributed by atoms with van der Waals surface area (Å²) < 4.78 is 6.88. The molecule has 0 amide bonds. The monoisotopic (exact) mass is 156 g/mol. The van der Waals surface area contributed by atoms with Crippen LogP contribution in [0.25, 0.3) is 0 Å². The van der Waals surface area contributed by atoms with Crippen LogP contribution in [0.1, 0.15) is 6.42 Å². The van der Waals surface area contributed by atoms with Gasteiger partial charge >= 0.3 is 0 Å². The Morgan fingerprint density at radius 2 is 2.70 bits per heavy atom. The van der Waals surface area contributed by atoms with Gasteiger partial charge in [0.2, 0.25) is 0 Å². The van der Waals surface area contributed by atoms with Crippen molar-refractivity contribution >= 4 is 17.8 Å². The highest BCUT2D eigenvalue weighted by Gasteiger charge is 2.14. The van der Waals surface area contributed by atoms with Crippen molar-refractivity contribution < 1.29 is 4.52 Å². The molecule has 0 aromatic carbocycles. The lowest BCUT2D eigenvalue weighted by Gasteiger charge is -2.09. The van der Waals surface area contributed by atoms with E-state index in [-0.39, 0.29) is 0 Å². The summed E-state index contributed by atoms with van der Waals surface area (Å²) in [5.74, 6) is 2.15. The summed E-state index contributed by atoms with van der Waals surface area (Å²) in [5.41, 5.74) is 0. The normalized spacial score (nSPS) is 18.2. The third-order valence-electron chi connectivity index (χ3n) is 1.43. The molecular weight excluding hydrogens is 148 g/mol. The SMILES string of the molecule is c1cc(N2CCCS2)no1. The van der Waals surface area contributed by atoms with Gasteiger partial charge in [-0.1, -0.05) is 5.16 Å². The molecule has 0 aliphatic carbocycles. The third kappa shape index (κ3) is 0.988. The Labute approximate surface area is 63.5 Å². The second-order valence-corrected chi connectivity index (χ2v) is 3.25. The molecule has 54 valence electrons. The number of anilines is 1. The van der Waals surface area contributed by atoms with Gasteiger partial charge in [0.05, 0.1) is 0 Å². The second-order valence-electron chi connectivity index (χ2n) is 2.15. The number of aromatic nitrogens is 1. The Bertz CT molecular complexity index is 194. The number of hydrogen-bond donors (Lipinski definition) is 0. The molecule has 2 rings (SSSR count). The first kappa shape index (κ1) is 6.09. The van der Waals surface area contributed by atoms with Gasteiger partial charge in [-0.05, 0) is 18.4 Å². The van der Waals surface area contributed by atoms with Crippen LogP contribution in [0.5, 0.6) is 0 Å². The molecule has 3 nitrogen and oxygen atoms in total. The summed E-state index contributed by atoms with van der Waals surface area (Å²) in [4.78, 5) is 0. The van der Waals surface area contributed by atoms with E-state index in [1.54, 1.807) is 6.26 Å². The molecule has 0 radical (unpaired) electrons. The van der Waals surface area contributed by atoms with E-state index in [9.17, 15) is 0 Å². The number of rotatable bonds is 1. The minimum absolute atomic E-state index is 0.947. The first-order valence-electron chi connectivity index (χ1n) is 3.27. The van der Waals surface area contributed by atoms with Gasteiger partial charge in [-0.15, -0.1) is 0 Å². The van der Waals surface area contributed by atoms with Crippen LogP contribution in [0.4, 0.5) is 5.82 Å². The Morgan fingerprint density at radius 1 is 1.70 bits per heavy atom. The van der Waals surface area contributed by atoms with Crippen molar-refractivity contribution in [3.05, 3.63) is 12.3 Å². The fraction of sp³-hybridized carbons (Fsp3) is 0.500. The predicted octanol–water partition coefficient (Wildman–Crippen LogP) is 1.53. The maximum Gasteiger partial charge on any atom is 0.181 e. The van der Waals surface area contributed by atoms with Crippen LogP contribution in [-0.4, -0.2) is 17.5 Å². The Hall–Kier alpha value is -0.640. The van der Waals surface area contributed by atoms with Gasteiger partial charge in [-0.2, -0.15) is 0 Å². The summed E-state index contributed by atoms with van der Waals surface area (Å²) in [7, 11) is 0. The standard InChI is InChI=1S/C6H8N2OS/c1-3-8(10-5-1)6-2-4-9-7-6/h2,4H,1,3,5H2.